The molecule has 3 rings (SSSR count). The standard InChI is InChI=1S/C17H23N5O2/c1-7-9-20-15(23)13-14(19(6)17(20)24)18-16-21(10(3)8-2)11(4)12(5)22(13)16/h7,10H,1,8-9H2,2-6H3/t10-/m1/s1. The number of aromatic nitrogens is 5. The molecule has 0 aliphatic rings. The van der Waals surface area contributed by atoms with Crippen molar-refractivity contribution < 1.29 is 0 Å². The third kappa shape index (κ3) is 1.93. The highest BCUT2D eigenvalue weighted by Crippen LogP contribution is 2.25. The first-order valence-electron chi connectivity index (χ1n) is 8.15. The van der Waals surface area contributed by atoms with Gasteiger partial charge in [0, 0.05) is 31.0 Å². The van der Waals surface area contributed by atoms with Crippen LogP contribution in [0.5, 0.6) is 0 Å². The molecule has 3 aromatic rings. The van der Waals surface area contributed by atoms with Gasteiger partial charge >= 0.3 is 5.69 Å². The molecule has 0 saturated carbocycles. The summed E-state index contributed by atoms with van der Waals surface area (Å²) in [6, 6.07) is 0.255. The Kier molecular flexibility index (Phi) is 3.74. The number of hydrogen-bond donors (Lipinski definition) is 0. The van der Waals surface area contributed by atoms with Gasteiger partial charge in [0.05, 0.1) is 0 Å². The van der Waals surface area contributed by atoms with Gasteiger partial charge in [-0.2, -0.15) is 4.98 Å². The van der Waals surface area contributed by atoms with Crippen LogP contribution >= 0.6 is 0 Å². The normalized spacial score (nSPS) is 13.0. The predicted molar refractivity (Wildman–Crippen MR) is 94.9 cm³/mol. The summed E-state index contributed by atoms with van der Waals surface area (Å²) in [7, 11) is 1.64. The molecule has 0 spiro atoms. The minimum Gasteiger partial charge on any atom is -0.311 e. The summed E-state index contributed by atoms with van der Waals surface area (Å²) in [4.78, 5) is 30.0. The van der Waals surface area contributed by atoms with Crippen LogP contribution in [0.2, 0.25) is 0 Å². The van der Waals surface area contributed by atoms with Gasteiger partial charge in [-0.3, -0.25) is 18.3 Å². The van der Waals surface area contributed by atoms with Gasteiger partial charge in [-0.05, 0) is 27.2 Å². The molecular weight excluding hydrogens is 306 g/mol. The molecule has 0 bridgehead atoms. The third-order valence-electron chi connectivity index (χ3n) is 4.90. The molecular formula is C17H23N5O2. The Morgan fingerprint density at radius 1 is 1.25 bits per heavy atom. The maximum absolute atomic E-state index is 12.9. The van der Waals surface area contributed by atoms with Gasteiger partial charge in [-0.25, -0.2) is 4.79 Å². The van der Waals surface area contributed by atoms with Crippen LogP contribution in [-0.4, -0.2) is 23.1 Å². The minimum atomic E-state index is -0.377. The Morgan fingerprint density at radius 3 is 2.50 bits per heavy atom. The van der Waals surface area contributed by atoms with Gasteiger partial charge in [0.25, 0.3) is 5.56 Å². The Labute approximate surface area is 139 Å². The van der Waals surface area contributed by atoms with Crippen molar-refractivity contribution in [1.29, 1.82) is 0 Å². The van der Waals surface area contributed by atoms with Crippen molar-refractivity contribution in [3.05, 3.63) is 44.9 Å². The van der Waals surface area contributed by atoms with E-state index in [1.807, 2.05) is 18.2 Å². The van der Waals surface area contributed by atoms with Crippen molar-refractivity contribution in [2.24, 2.45) is 7.05 Å². The highest BCUT2D eigenvalue weighted by Gasteiger charge is 2.23. The number of fused-ring (bicyclic) bond motifs is 3. The summed E-state index contributed by atoms with van der Waals surface area (Å²) in [6.45, 7) is 12.1. The summed E-state index contributed by atoms with van der Waals surface area (Å²) in [5.41, 5.74) is 2.20. The highest BCUT2D eigenvalue weighted by molar-refractivity contribution is 5.76. The number of imidazole rings is 2. The molecule has 0 unspecified atom stereocenters. The first-order chi connectivity index (χ1) is 11.3. The Bertz CT molecular complexity index is 1080. The molecule has 7 heteroatoms. The van der Waals surface area contributed by atoms with Crippen LogP contribution in [0.15, 0.2) is 22.2 Å². The van der Waals surface area contributed by atoms with Crippen molar-refractivity contribution in [2.75, 3.05) is 0 Å². The van der Waals surface area contributed by atoms with Crippen molar-refractivity contribution in [2.45, 2.75) is 46.7 Å². The van der Waals surface area contributed by atoms with E-state index in [1.165, 1.54) is 9.13 Å². The van der Waals surface area contributed by atoms with E-state index in [4.69, 9.17) is 0 Å². The summed E-state index contributed by atoms with van der Waals surface area (Å²) < 4.78 is 6.64. The molecule has 0 aliphatic carbocycles. The molecule has 0 fully saturated rings. The van der Waals surface area contributed by atoms with Crippen LogP contribution in [0.25, 0.3) is 16.9 Å². The quantitative estimate of drug-likeness (QED) is 0.687. The van der Waals surface area contributed by atoms with Gasteiger partial charge in [0.15, 0.2) is 11.2 Å². The van der Waals surface area contributed by atoms with Crippen molar-refractivity contribution >= 4 is 16.9 Å². The lowest BCUT2D eigenvalue weighted by Gasteiger charge is -2.13. The number of rotatable bonds is 4. The average Bonchev–Trinajstić information content (AvgIpc) is 3.05. The lowest BCUT2D eigenvalue weighted by Crippen LogP contribution is -2.39. The largest absolute Gasteiger partial charge is 0.332 e. The summed E-state index contributed by atoms with van der Waals surface area (Å²) >= 11 is 0. The molecule has 0 N–H and O–H groups in total. The Hall–Kier alpha value is -2.57. The molecule has 0 aliphatic heterocycles. The molecule has 1 atom stereocenters. The zero-order chi connectivity index (χ0) is 17.8. The number of hydrogen-bond acceptors (Lipinski definition) is 3. The fourth-order valence-corrected chi connectivity index (χ4v) is 3.27. The van der Waals surface area contributed by atoms with Crippen LogP contribution in [0.3, 0.4) is 0 Å². The van der Waals surface area contributed by atoms with Crippen LogP contribution in [0, 0.1) is 13.8 Å². The second-order valence-corrected chi connectivity index (χ2v) is 6.26. The minimum absolute atomic E-state index is 0.179. The number of allylic oxidation sites excluding steroid dienone is 1. The molecule has 24 heavy (non-hydrogen) atoms. The fraction of sp³-hybridized carbons (Fsp3) is 0.471. The van der Waals surface area contributed by atoms with E-state index in [0.29, 0.717) is 16.9 Å². The second kappa shape index (κ2) is 5.51. The molecule has 0 amide bonds. The van der Waals surface area contributed by atoms with Gasteiger partial charge < -0.3 is 4.57 Å². The van der Waals surface area contributed by atoms with E-state index >= 15 is 0 Å². The molecule has 0 radical (unpaired) electrons. The maximum Gasteiger partial charge on any atom is 0.332 e. The predicted octanol–water partition coefficient (Wildman–Crippen LogP) is 1.92. The zero-order valence-electron chi connectivity index (χ0n) is 14.8. The van der Waals surface area contributed by atoms with Crippen LogP contribution in [0.1, 0.15) is 37.7 Å². The number of aryl methyl sites for hydroxylation is 2. The first kappa shape index (κ1) is 16.3. The van der Waals surface area contributed by atoms with E-state index in [0.717, 1.165) is 17.8 Å². The number of nitrogens with zero attached hydrogens (tertiary/aromatic N) is 5. The van der Waals surface area contributed by atoms with Crippen molar-refractivity contribution in [3.63, 3.8) is 0 Å². The Balaban J connectivity index is 2.59. The fourth-order valence-electron chi connectivity index (χ4n) is 3.27. The second-order valence-electron chi connectivity index (χ2n) is 6.26. The van der Waals surface area contributed by atoms with E-state index in [2.05, 4.69) is 30.0 Å². The van der Waals surface area contributed by atoms with Gasteiger partial charge in [0.1, 0.15) is 0 Å². The first-order valence-corrected chi connectivity index (χ1v) is 8.15. The van der Waals surface area contributed by atoms with E-state index in [-0.39, 0.29) is 23.8 Å². The molecule has 0 saturated heterocycles. The van der Waals surface area contributed by atoms with E-state index in [9.17, 15) is 9.59 Å². The maximum atomic E-state index is 12.9. The van der Waals surface area contributed by atoms with E-state index in [1.54, 1.807) is 13.1 Å². The van der Waals surface area contributed by atoms with Crippen molar-refractivity contribution in [3.8, 4) is 0 Å². The van der Waals surface area contributed by atoms with E-state index < -0.39 is 0 Å². The molecule has 0 aromatic carbocycles. The smallest absolute Gasteiger partial charge is 0.311 e. The SMILES string of the molecule is C=CCn1c(=O)c2c(nc3n([C@H](C)CC)c(C)c(C)n23)n(C)c1=O. The van der Waals surface area contributed by atoms with Crippen molar-refractivity contribution in [1.82, 2.24) is 23.1 Å². The zero-order valence-corrected chi connectivity index (χ0v) is 14.8. The lowest BCUT2D eigenvalue weighted by atomic mass is 10.2. The topological polar surface area (TPSA) is 66.2 Å². The third-order valence-corrected chi connectivity index (χ3v) is 4.90. The summed E-state index contributed by atoms with van der Waals surface area (Å²) in [5.74, 6) is 0.706. The summed E-state index contributed by atoms with van der Waals surface area (Å²) in [5, 5.41) is 0. The van der Waals surface area contributed by atoms with Gasteiger partial charge in [-0.1, -0.05) is 13.0 Å². The average molecular weight is 329 g/mol. The molecule has 128 valence electrons. The monoisotopic (exact) mass is 329 g/mol. The van der Waals surface area contributed by atoms with Crippen LogP contribution < -0.4 is 11.2 Å². The van der Waals surface area contributed by atoms with Gasteiger partial charge in [0.2, 0.25) is 5.78 Å². The molecule has 3 aromatic heterocycles. The Morgan fingerprint density at radius 2 is 1.92 bits per heavy atom. The molecule has 7 nitrogen and oxygen atoms in total. The summed E-state index contributed by atoms with van der Waals surface area (Å²) in [6.07, 6.45) is 2.50. The highest BCUT2D eigenvalue weighted by atomic mass is 16.2. The lowest BCUT2D eigenvalue weighted by molar-refractivity contribution is 0.532. The molecule has 3 heterocycles. The van der Waals surface area contributed by atoms with Crippen LogP contribution in [0.4, 0.5) is 0 Å². The van der Waals surface area contributed by atoms with Gasteiger partial charge in [-0.15, -0.1) is 6.58 Å². The van der Waals surface area contributed by atoms with Crippen LogP contribution in [-0.2, 0) is 13.6 Å².